The highest BCUT2D eigenvalue weighted by atomic mass is 19.1. The smallest absolute Gasteiger partial charge is 0.254 e. The Morgan fingerprint density at radius 1 is 1.31 bits per heavy atom. The van der Waals surface area contributed by atoms with Gasteiger partial charge in [-0.25, -0.2) is 14.8 Å². The van der Waals surface area contributed by atoms with Crippen LogP contribution in [-0.4, -0.2) is 78.5 Å². The fourth-order valence-electron chi connectivity index (χ4n) is 6.37. The maximum atomic E-state index is 15.5. The van der Waals surface area contributed by atoms with Crippen molar-refractivity contribution in [2.75, 3.05) is 38.2 Å². The first kappa shape index (κ1) is 24.9. The number of nitriles is 1. The number of anilines is 1. The molecular formula is C26H35FN6O3. The Bertz CT molecular complexity index is 1040. The molecule has 4 fully saturated rings. The Balaban J connectivity index is 1.38. The maximum absolute atomic E-state index is 15.5. The summed E-state index contributed by atoms with van der Waals surface area (Å²) in [7, 11) is 0. The number of benzene rings is 1. The van der Waals surface area contributed by atoms with Crippen LogP contribution in [0.1, 0.15) is 54.4 Å². The monoisotopic (exact) mass is 498 g/mol. The van der Waals surface area contributed by atoms with Gasteiger partial charge in [-0.2, -0.15) is 5.26 Å². The standard InChI is InChI=1S/C26H35FN6O3/c1-17-16-18(5-6-19(17)25(35)32-12-14-36-15-13-32)30-23-22-20(7-11-29-24(22)34)33(31-23)26(9-10-28)8-3-2-4-21(26)27/h5-6,16,20-23,30-31H,2-4,7-9,11-15H2,1H3,(H,29,34)/t20?,21-,22?,23?,26-/m1/s1. The minimum absolute atomic E-state index is 0.0102. The van der Waals surface area contributed by atoms with Crippen LogP contribution in [0.5, 0.6) is 0 Å². The number of morpholine rings is 1. The van der Waals surface area contributed by atoms with Gasteiger partial charge in [-0.15, -0.1) is 0 Å². The van der Waals surface area contributed by atoms with E-state index in [9.17, 15) is 14.9 Å². The lowest BCUT2D eigenvalue weighted by Crippen LogP contribution is -2.63. The van der Waals surface area contributed by atoms with E-state index in [1.807, 2.05) is 30.1 Å². The first-order valence-corrected chi connectivity index (χ1v) is 13.0. The molecular weight excluding hydrogens is 463 g/mol. The van der Waals surface area contributed by atoms with E-state index in [2.05, 4.69) is 22.1 Å². The summed E-state index contributed by atoms with van der Waals surface area (Å²) in [5, 5.41) is 17.9. The van der Waals surface area contributed by atoms with Crippen LogP contribution in [0.15, 0.2) is 18.2 Å². The van der Waals surface area contributed by atoms with E-state index in [0.29, 0.717) is 57.7 Å². The summed E-state index contributed by atoms with van der Waals surface area (Å²) < 4.78 is 20.8. The molecule has 0 spiro atoms. The van der Waals surface area contributed by atoms with E-state index < -0.39 is 23.8 Å². The third kappa shape index (κ3) is 4.44. The Morgan fingerprint density at radius 2 is 2.11 bits per heavy atom. The lowest BCUT2D eigenvalue weighted by molar-refractivity contribution is -0.129. The van der Waals surface area contributed by atoms with Crippen LogP contribution in [-0.2, 0) is 9.53 Å². The fourth-order valence-corrected chi connectivity index (χ4v) is 6.37. The predicted molar refractivity (Wildman–Crippen MR) is 132 cm³/mol. The Hall–Kier alpha value is -2.74. The third-order valence-electron chi connectivity index (χ3n) is 8.27. The number of aryl methyl sites for hydroxylation is 1. The van der Waals surface area contributed by atoms with Crippen LogP contribution >= 0.6 is 0 Å². The molecule has 194 valence electrons. The average molecular weight is 499 g/mol. The summed E-state index contributed by atoms with van der Waals surface area (Å²) in [6, 6.07) is 7.60. The van der Waals surface area contributed by atoms with Gasteiger partial charge in [-0.1, -0.05) is 12.8 Å². The number of alkyl halides is 1. The molecule has 0 radical (unpaired) electrons. The largest absolute Gasteiger partial charge is 0.378 e. The third-order valence-corrected chi connectivity index (χ3v) is 8.27. The number of nitrogens with one attached hydrogen (secondary N) is 3. The summed E-state index contributed by atoms with van der Waals surface area (Å²) in [6.45, 7) is 4.69. The van der Waals surface area contributed by atoms with Gasteiger partial charge in [-0.05, 0) is 49.9 Å². The van der Waals surface area contributed by atoms with Crippen molar-refractivity contribution in [2.45, 2.75) is 69.4 Å². The molecule has 3 N–H and O–H groups in total. The highest BCUT2D eigenvalue weighted by Gasteiger charge is 2.57. The molecule has 5 rings (SSSR count). The lowest BCUT2D eigenvalue weighted by Gasteiger charge is -2.48. The van der Waals surface area contributed by atoms with Gasteiger partial charge in [0.2, 0.25) is 5.91 Å². The summed E-state index contributed by atoms with van der Waals surface area (Å²) >= 11 is 0. The normalized spacial score (nSPS) is 32.9. The van der Waals surface area contributed by atoms with Crippen molar-refractivity contribution in [1.82, 2.24) is 20.7 Å². The molecule has 0 aromatic heterocycles. The number of hydrogen-bond donors (Lipinski definition) is 3. The highest BCUT2D eigenvalue weighted by Crippen LogP contribution is 2.43. The number of rotatable bonds is 5. The molecule has 0 bridgehead atoms. The first-order valence-electron chi connectivity index (χ1n) is 13.0. The lowest BCUT2D eigenvalue weighted by atomic mass is 9.76. The van der Waals surface area contributed by atoms with Gasteiger partial charge in [0.1, 0.15) is 12.3 Å². The molecule has 5 atom stereocenters. The predicted octanol–water partition coefficient (Wildman–Crippen LogP) is 2.09. The van der Waals surface area contributed by atoms with Crippen LogP contribution < -0.4 is 16.1 Å². The Labute approximate surface area is 211 Å². The molecule has 3 saturated heterocycles. The van der Waals surface area contributed by atoms with E-state index in [1.165, 1.54) is 0 Å². The van der Waals surface area contributed by atoms with E-state index in [0.717, 1.165) is 24.1 Å². The number of halogens is 1. The summed E-state index contributed by atoms with van der Waals surface area (Å²) in [5.41, 5.74) is 4.75. The van der Waals surface area contributed by atoms with E-state index in [1.54, 1.807) is 4.90 Å². The van der Waals surface area contributed by atoms with Gasteiger partial charge in [-0.3, -0.25) is 9.59 Å². The molecule has 10 heteroatoms. The zero-order valence-corrected chi connectivity index (χ0v) is 20.8. The molecule has 4 aliphatic rings. The van der Waals surface area contributed by atoms with Gasteiger partial charge in [0.15, 0.2) is 0 Å². The molecule has 3 aliphatic heterocycles. The van der Waals surface area contributed by atoms with Gasteiger partial charge in [0, 0.05) is 36.9 Å². The quantitative estimate of drug-likeness (QED) is 0.570. The Kier molecular flexibility index (Phi) is 7.15. The molecule has 2 amide bonds. The second-order valence-corrected chi connectivity index (χ2v) is 10.4. The zero-order valence-electron chi connectivity index (χ0n) is 20.8. The van der Waals surface area contributed by atoms with Gasteiger partial charge >= 0.3 is 0 Å². The number of amides is 2. The molecule has 9 nitrogen and oxygen atoms in total. The van der Waals surface area contributed by atoms with Gasteiger partial charge in [0.25, 0.3) is 5.91 Å². The molecule has 1 aliphatic carbocycles. The number of hydrazine groups is 1. The van der Waals surface area contributed by atoms with E-state index in [-0.39, 0.29) is 24.3 Å². The van der Waals surface area contributed by atoms with Crippen LogP contribution in [0.4, 0.5) is 10.1 Å². The van der Waals surface area contributed by atoms with Crippen molar-refractivity contribution in [2.24, 2.45) is 5.92 Å². The summed E-state index contributed by atoms with van der Waals surface area (Å²) in [6.07, 6.45) is 1.87. The minimum atomic E-state index is -1.13. The zero-order chi connectivity index (χ0) is 25.3. The van der Waals surface area contributed by atoms with Gasteiger partial charge < -0.3 is 20.3 Å². The number of ether oxygens (including phenoxy) is 1. The summed E-state index contributed by atoms with van der Waals surface area (Å²) in [4.78, 5) is 27.8. The van der Waals surface area contributed by atoms with Crippen molar-refractivity contribution in [3.63, 3.8) is 0 Å². The Morgan fingerprint density at radius 3 is 2.83 bits per heavy atom. The average Bonchev–Trinajstić information content (AvgIpc) is 3.26. The van der Waals surface area contributed by atoms with Crippen LogP contribution in [0.2, 0.25) is 0 Å². The molecule has 36 heavy (non-hydrogen) atoms. The van der Waals surface area contributed by atoms with Crippen molar-refractivity contribution < 1.29 is 18.7 Å². The van der Waals surface area contributed by atoms with Crippen molar-refractivity contribution in [3.8, 4) is 6.07 Å². The molecule has 1 saturated carbocycles. The number of carbonyl (C=O) groups is 2. The second-order valence-electron chi connectivity index (χ2n) is 10.4. The number of fused-ring (bicyclic) bond motifs is 1. The molecule has 3 heterocycles. The first-order chi connectivity index (χ1) is 17.4. The summed E-state index contributed by atoms with van der Waals surface area (Å²) in [5.74, 6) is -0.518. The van der Waals surface area contributed by atoms with Crippen LogP contribution in [0.25, 0.3) is 0 Å². The SMILES string of the molecule is Cc1cc(NC2NN([C@@]3(CC#N)CCCC[C@H]3F)C3CCNC(=O)C23)ccc1C(=O)N1CCOCC1. The van der Waals surface area contributed by atoms with Crippen molar-refractivity contribution >= 4 is 17.5 Å². The van der Waals surface area contributed by atoms with Crippen molar-refractivity contribution in [3.05, 3.63) is 29.3 Å². The topological polar surface area (TPSA) is 110 Å². The van der Waals surface area contributed by atoms with E-state index >= 15 is 4.39 Å². The van der Waals surface area contributed by atoms with E-state index in [4.69, 9.17) is 4.74 Å². The number of nitrogens with zero attached hydrogens (tertiary/aromatic N) is 3. The van der Waals surface area contributed by atoms with Crippen molar-refractivity contribution in [1.29, 1.82) is 5.26 Å². The molecule has 3 unspecified atom stereocenters. The maximum Gasteiger partial charge on any atom is 0.254 e. The van der Waals surface area contributed by atoms with Gasteiger partial charge in [0.05, 0.1) is 37.2 Å². The highest BCUT2D eigenvalue weighted by molar-refractivity contribution is 5.96. The molecule has 1 aromatic rings. The van der Waals surface area contributed by atoms with Crippen LogP contribution in [0, 0.1) is 24.2 Å². The number of hydrogen-bond acceptors (Lipinski definition) is 7. The molecule has 1 aromatic carbocycles. The number of piperidine rings is 1. The fraction of sp³-hybridized carbons (Fsp3) is 0.654. The second kappa shape index (κ2) is 10.3. The minimum Gasteiger partial charge on any atom is -0.378 e. The van der Waals surface area contributed by atoms with Crippen LogP contribution in [0.3, 0.4) is 0 Å². The number of carbonyl (C=O) groups excluding carboxylic acids is 2.